The number of rotatable bonds is 7. The molecule has 0 aliphatic rings. The van der Waals surface area contributed by atoms with Crippen LogP contribution in [0, 0.1) is 5.92 Å². The maximum atomic E-state index is 12.2. The third-order valence-corrected chi connectivity index (χ3v) is 4.61. The molecule has 0 atom stereocenters. The summed E-state index contributed by atoms with van der Waals surface area (Å²) < 4.78 is 32.4. The second-order valence-electron chi connectivity index (χ2n) is 5.64. The van der Waals surface area contributed by atoms with Crippen molar-refractivity contribution in [3.8, 4) is 5.75 Å². The summed E-state index contributed by atoms with van der Waals surface area (Å²) in [7, 11) is -1.85. The van der Waals surface area contributed by atoms with Crippen LogP contribution in [0.3, 0.4) is 0 Å². The van der Waals surface area contributed by atoms with Crippen LogP contribution in [-0.2, 0) is 10.0 Å². The van der Waals surface area contributed by atoms with Gasteiger partial charge in [-0.15, -0.1) is 0 Å². The second-order valence-corrected chi connectivity index (χ2v) is 7.41. The molecule has 1 aromatic rings. The molecule has 0 aliphatic heterocycles. The van der Waals surface area contributed by atoms with Gasteiger partial charge in [-0.25, -0.2) is 13.1 Å². The molecule has 0 fully saturated rings. The van der Waals surface area contributed by atoms with Crippen LogP contribution in [0.25, 0.3) is 0 Å². The summed E-state index contributed by atoms with van der Waals surface area (Å²) in [6.07, 6.45) is 0.826. The summed E-state index contributed by atoms with van der Waals surface area (Å²) in [6.45, 7) is 8.63. The molecule has 0 unspecified atom stereocenters. The average Bonchev–Trinajstić information content (AvgIpc) is 2.37. The zero-order valence-corrected chi connectivity index (χ0v) is 13.8. The van der Waals surface area contributed by atoms with Gasteiger partial charge < -0.3 is 4.74 Å². The smallest absolute Gasteiger partial charge is 0.240 e. The molecule has 20 heavy (non-hydrogen) atoms. The Hall–Kier alpha value is -1.07. The first-order chi connectivity index (χ1) is 9.27. The number of sulfonamides is 1. The molecule has 114 valence electrons. The molecule has 5 heteroatoms. The lowest BCUT2D eigenvalue weighted by Gasteiger charge is -2.14. The molecule has 0 saturated carbocycles. The molecule has 0 aromatic heterocycles. The van der Waals surface area contributed by atoms with E-state index in [2.05, 4.69) is 18.6 Å². The molecule has 4 nitrogen and oxygen atoms in total. The summed E-state index contributed by atoms with van der Waals surface area (Å²) in [4.78, 5) is 0.297. The van der Waals surface area contributed by atoms with Gasteiger partial charge in [-0.2, -0.15) is 0 Å². The van der Waals surface area contributed by atoms with E-state index in [-0.39, 0.29) is 5.92 Å². The average molecular weight is 299 g/mol. The minimum atomic E-state index is -3.44. The van der Waals surface area contributed by atoms with E-state index >= 15 is 0 Å². The van der Waals surface area contributed by atoms with Gasteiger partial charge in [-0.1, -0.05) is 27.7 Å². The topological polar surface area (TPSA) is 55.4 Å². The fraction of sp³-hybridized carbons (Fsp3) is 0.600. The van der Waals surface area contributed by atoms with E-state index in [9.17, 15) is 8.42 Å². The lowest BCUT2D eigenvalue weighted by atomic mass is 10.0. The van der Waals surface area contributed by atoms with Crippen molar-refractivity contribution in [1.82, 2.24) is 4.72 Å². The standard InChI is InChI=1S/C15H25NO3S/c1-11(2)8-9-16-20(17,18)13-6-7-15(19-5)14(10-13)12(3)4/h6-7,10-12,16H,8-9H2,1-5H3. The molecule has 1 N–H and O–H groups in total. The third-order valence-electron chi connectivity index (χ3n) is 3.15. The van der Waals surface area contributed by atoms with Crippen molar-refractivity contribution in [3.05, 3.63) is 23.8 Å². The van der Waals surface area contributed by atoms with Crippen LogP contribution in [0.5, 0.6) is 5.75 Å². The Morgan fingerprint density at radius 1 is 1.20 bits per heavy atom. The van der Waals surface area contributed by atoms with Crippen LogP contribution in [0.2, 0.25) is 0 Å². The highest BCUT2D eigenvalue weighted by Crippen LogP contribution is 2.28. The molecule has 1 rings (SSSR count). The molecular weight excluding hydrogens is 274 g/mol. The first-order valence-corrected chi connectivity index (χ1v) is 8.44. The number of benzene rings is 1. The first kappa shape index (κ1) is 17.0. The lowest BCUT2D eigenvalue weighted by molar-refractivity contribution is 0.407. The van der Waals surface area contributed by atoms with Gasteiger partial charge in [0.2, 0.25) is 10.0 Å². The summed E-state index contributed by atoms with van der Waals surface area (Å²) in [5.41, 5.74) is 0.902. The molecule has 0 amide bonds. The number of ether oxygens (including phenoxy) is 1. The van der Waals surface area contributed by atoms with E-state index < -0.39 is 10.0 Å². The molecule has 0 heterocycles. The third kappa shape index (κ3) is 4.49. The van der Waals surface area contributed by atoms with E-state index in [1.54, 1.807) is 25.3 Å². The van der Waals surface area contributed by atoms with Crippen molar-refractivity contribution in [2.24, 2.45) is 5.92 Å². The van der Waals surface area contributed by atoms with Crippen LogP contribution in [0.4, 0.5) is 0 Å². The van der Waals surface area contributed by atoms with Gasteiger partial charge in [0, 0.05) is 6.54 Å². The normalized spacial score (nSPS) is 12.2. The highest BCUT2D eigenvalue weighted by Gasteiger charge is 2.17. The van der Waals surface area contributed by atoms with Crippen LogP contribution >= 0.6 is 0 Å². The van der Waals surface area contributed by atoms with E-state index in [0.717, 1.165) is 17.7 Å². The molecule has 1 aromatic carbocycles. The van der Waals surface area contributed by atoms with Crippen molar-refractivity contribution in [2.45, 2.75) is 44.9 Å². The zero-order chi connectivity index (χ0) is 15.3. The molecule has 0 radical (unpaired) electrons. The summed E-state index contributed by atoms with van der Waals surface area (Å²) in [5.74, 6) is 1.40. The predicted molar refractivity (Wildman–Crippen MR) is 81.7 cm³/mol. The van der Waals surface area contributed by atoms with E-state index in [1.165, 1.54) is 0 Å². The van der Waals surface area contributed by atoms with Gasteiger partial charge in [0.15, 0.2) is 0 Å². The van der Waals surface area contributed by atoms with Crippen molar-refractivity contribution in [1.29, 1.82) is 0 Å². The first-order valence-electron chi connectivity index (χ1n) is 6.95. The molecule has 0 bridgehead atoms. The SMILES string of the molecule is COc1ccc(S(=O)(=O)NCCC(C)C)cc1C(C)C. The van der Waals surface area contributed by atoms with Crippen LogP contribution in [0.15, 0.2) is 23.1 Å². The van der Waals surface area contributed by atoms with E-state index in [0.29, 0.717) is 17.4 Å². The quantitative estimate of drug-likeness (QED) is 0.841. The van der Waals surface area contributed by atoms with Crippen LogP contribution in [-0.4, -0.2) is 22.1 Å². The van der Waals surface area contributed by atoms with Crippen LogP contribution < -0.4 is 9.46 Å². The molecule has 0 spiro atoms. The minimum Gasteiger partial charge on any atom is -0.496 e. The fourth-order valence-electron chi connectivity index (χ4n) is 1.90. The summed E-state index contributed by atoms with van der Waals surface area (Å²) in [5, 5.41) is 0. The largest absolute Gasteiger partial charge is 0.496 e. The molecule has 0 saturated heterocycles. The Kier molecular flexibility index (Phi) is 6.02. The van der Waals surface area contributed by atoms with Crippen molar-refractivity contribution >= 4 is 10.0 Å². The van der Waals surface area contributed by atoms with Gasteiger partial charge in [0.1, 0.15) is 5.75 Å². The van der Waals surface area contributed by atoms with Crippen LogP contribution in [0.1, 0.15) is 45.6 Å². The predicted octanol–water partition coefficient (Wildman–Crippen LogP) is 3.14. The highest BCUT2D eigenvalue weighted by molar-refractivity contribution is 7.89. The van der Waals surface area contributed by atoms with Gasteiger partial charge in [-0.3, -0.25) is 0 Å². The van der Waals surface area contributed by atoms with Crippen molar-refractivity contribution in [3.63, 3.8) is 0 Å². The Balaban J connectivity index is 2.98. The summed E-state index contributed by atoms with van der Waals surface area (Å²) >= 11 is 0. The maximum Gasteiger partial charge on any atom is 0.240 e. The van der Waals surface area contributed by atoms with Crippen molar-refractivity contribution < 1.29 is 13.2 Å². The maximum absolute atomic E-state index is 12.2. The Morgan fingerprint density at radius 3 is 2.35 bits per heavy atom. The van der Waals surface area contributed by atoms with Gasteiger partial charge in [-0.05, 0) is 42.0 Å². The molecule has 0 aliphatic carbocycles. The lowest BCUT2D eigenvalue weighted by Crippen LogP contribution is -2.25. The van der Waals surface area contributed by atoms with Gasteiger partial charge >= 0.3 is 0 Å². The number of hydrogen-bond acceptors (Lipinski definition) is 3. The minimum absolute atomic E-state index is 0.204. The fourth-order valence-corrected chi connectivity index (χ4v) is 2.98. The number of hydrogen-bond donors (Lipinski definition) is 1. The monoisotopic (exact) mass is 299 g/mol. The summed E-state index contributed by atoms with van der Waals surface area (Å²) in [6, 6.07) is 5.00. The zero-order valence-electron chi connectivity index (χ0n) is 12.9. The number of methoxy groups -OCH3 is 1. The number of nitrogens with one attached hydrogen (secondary N) is 1. The molecular formula is C15H25NO3S. The Labute approximate surface area is 122 Å². The van der Waals surface area contributed by atoms with Gasteiger partial charge in [0.25, 0.3) is 0 Å². The van der Waals surface area contributed by atoms with Crippen molar-refractivity contribution in [2.75, 3.05) is 13.7 Å². The second kappa shape index (κ2) is 7.09. The Bertz CT molecular complexity index is 536. The van der Waals surface area contributed by atoms with E-state index in [1.807, 2.05) is 13.8 Å². The Morgan fingerprint density at radius 2 is 1.85 bits per heavy atom. The highest BCUT2D eigenvalue weighted by atomic mass is 32.2. The van der Waals surface area contributed by atoms with E-state index in [4.69, 9.17) is 4.74 Å². The van der Waals surface area contributed by atoms with Gasteiger partial charge in [0.05, 0.1) is 12.0 Å².